The summed E-state index contributed by atoms with van der Waals surface area (Å²) in [7, 11) is 1.56. The van der Waals surface area contributed by atoms with Gasteiger partial charge in [-0.3, -0.25) is 14.5 Å². The molecule has 0 bridgehead atoms. The summed E-state index contributed by atoms with van der Waals surface area (Å²) in [6.07, 6.45) is -0.176. The number of anilines is 1. The molecule has 2 aliphatic heterocycles. The van der Waals surface area contributed by atoms with Gasteiger partial charge in [0, 0.05) is 26.2 Å². The lowest BCUT2D eigenvalue weighted by atomic mass is 10.2. The van der Waals surface area contributed by atoms with Crippen LogP contribution >= 0.6 is 0 Å². The normalized spacial score (nSPS) is 21.2. The summed E-state index contributed by atoms with van der Waals surface area (Å²) in [4.78, 5) is 41.8. The highest BCUT2D eigenvalue weighted by molar-refractivity contribution is 6.22. The molecule has 8 nitrogen and oxygen atoms in total. The van der Waals surface area contributed by atoms with Gasteiger partial charge in [0.15, 0.2) is 0 Å². The lowest BCUT2D eigenvalue weighted by Crippen LogP contribution is -2.54. The fourth-order valence-corrected chi connectivity index (χ4v) is 3.33. The number of imide groups is 1. The molecule has 0 aromatic heterocycles. The first kappa shape index (κ1) is 18.2. The van der Waals surface area contributed by atoms with Crippen molar-refractivity contribution in [3.8, 4) is 5.75 Å². The maximum absolute atomic E-state index is 12.8. The molecule has 3 rings (SSSR count). The summed E-state index contributed by atoms with van der Waals surface area (Å²) >= 11 is 0. The minimum absolute atomic E-state index is 0.157. The third kappa shape index (κ3) is 3.50. The summed E-state index contributed by atoms with van der Waals surface area (Å²) in [5.41, 5.74) is 0.549. The third-order valence-electron chi connectivity index (χ3n) is 4.73. The molecule has 2 saturated heterocycles. The number of amides is 3. The Morgan fingerprint density at radius 3 is 2.35 bits per heavy atom. The Labute approximate surface area is 152 Å². The van der Waals surface area contributed by atoms with Crippen LogP contribution in [0.4, 0.5) is 10.5 Å². The topological polar surface area (TPSA) is 79.4 Å². The summed E-state index contributed by atoms with van der Waals surface area (Å²) < 4.78 is 10.1. The number of hydrogen-bond acceptors (Lipinski definition) is 6. The van der Waals surface area contributed by atoms with Crippen LogP contribution in [0.15, 0.2) is 24.3 Å². The number of ether oxygens (including phenoxy) is 2. The van der Waals surface area contributed by atoms with E-state index >= 15 is 0 Å². The first-order valence-corrected chi connectivity index (χ1v) is 8.71. The van der Waals surface area contributed by atoms with E-state index < -0.39 is 6.04 Å². The monoisotopic (exact) mass is 361 g/mol. The largest absolute Gasteiger partial charge is 0.497 e. The minimum atomic E-state index is -0.478. The lowest BCUT2D eigenvalue weighted by Gasteiger charge is -2.36. The molecule has 1 atom stereocenters. The van der Waals surface area contributed by atoms with Crippen molar-refractivity contribution in [1.82, 2.24) is 9.80 Å². The van der Waals surface area contributed by atoms with Crippen LogP contribution < -0.4 is 9.64 Å². The molecule has 2 aliphatic rings. The van der Waals surface area contributed by atoms with E-state index in [4.69, 9.17) is 9.47 Å². The van der Waals surface area contributed by atoms with Gasteiger partial charge in [0.25, 0.3) is 5.91 Å². The van der Waals surface area contributed by atoms with E-state index in [-0.39, 0.29) is 24.3 Å². The van der Waals surface area contributed by atoms with Crippen molar-refractivity contribution in [2.24, 2.45) is 0 Å². The quantitative estimate of drug-likeness (QED) is 0.748. The highest BCUT2D eigenvalue weighted by Crippen LogP contribution is 2.27. The van der Waals surface area contributed by atoms with Gasteiger partial charge >= 0.3 is 6.09 Å². The number of piperazine rings is 1. The molecule has 8 heteroatoms. The maximum Gasteiger partial charge on any atom is 0.409 e. The zero-order valence-electron chi connectivity index (χ0n) is 15.0. The van der Waals surface area contributed by atoms with Crippen molar-refractivity contribution in [3.05, 3.63) is 24.3 Å². The lowest BCUT2D eigenvalue weighted by molar-refractivity contribution is -0.123. The van der Waals surface area contributed by atoms with E-state index in [0.717, 1.165) is 0 Å². The predicted molar refractivity (Wildman–Crippen MR) is 94.1 cm³/mol. The van der Waals surface area contributed by atoms with Gasteiger partial charge in [0.2, 0.25) is 5.91 Å². The molecule has 0 aliphatic carbocycles. The van der Waals surface area contributed by atoms with Gasteiger partial charge < -0.3 is 14.4 Å². The number of nitrogens with zero attached hydrogens (tertiary/aromatic N) is 3. The highest BCUT2D eigenvalue weighted by Gasteiger charge is 2.43. The molecule has 1 aromatic carbocycles. The van der Waals surface area contributed by atoms with Gasteiger partial charge in [-0.05, 0) is 31.2 Å². The SMILES string of the molecule is CCOC(=O)N1CCN(C2CC(=O)N(c3ccc(OC)cc3)C2=O)CC1. The summed E-state index contributed by atoms with van der Waals surface area (Å²) in [6, 6.07) is 6.38. The average molecular weight is 361 g/mol. The number of rotatable bonds is 4. The minimum Gasteiger partial charge on any atom is -0.497 e. The van der Waals surface area contributed by atoms with E-state index in [1.165, 1.54) is 4.90 Å². The Hall–Kier alpha value is -2.61. The fraction of sp³-hybridized carbons (Fsp3) is 0.500. The second-order valence-corrected chi connectivity index (χ2v) is 6.21. The first-order valence-electron chi connectivity index (χ1n) is 8.71. The second-order valence-electron chi connectivity index (χ2n) is 6.21. The second kappa shape index (κ2) is 7.74. The van der Waals surface area contributed by atoms with E-state index in [9.17, 15) is 14.4 Å². The fourth-order valence-electron chi connectivity index (χ4n) is 3.33. The Morgan fingerprint density at radius 1 is 1.12 bits per heavy atom. The molecular formula is C18H23N3O5. The van der Waals surface area contributed by atoms with Crippen LogP contribution in [0.5, 0.6) is 5.75 Å². The molecule has 3 amide bonds. The molecule has 2 heterocycles. The van der Waals surface area contributed by atoms with E-state index in [0.29, 0.717) is 44.2 Å². The van der Waals surface area contributed by atoms with Crippen molar-refractivity contribution in [2.45, 2.75) is 19.4 Å². The zero-order chi connectivity index (χ0) is 18.7. The Morgan fingerprint density at radius 2 is 1.77 bits per heavy atom. The molecule has 1 unspecified atom stereocenters. The van der Waals surface area contributed by atoms with Gasteiger partial charge in [-0.2, -0.15) is 0 Å². The van der Waals surface area contributed by atoms with Crippen molar-refractivity contribution in [1.29, 1.82) is 0 Å². The summed E-state index contributed by atoms with van der Waals surface area (Å²) in [5, 5.41) is 0. The molecule has 2 fully saturated rings. The smallest absolute Gasteiger partial charge is 0.409 e. The molecule has 1 aromatic rings. The van der Waals surface area contributed by atoms with Gasteiger partial charge in [0.05, 0.1) is 31.9 Å². The van der Waals surface area contributed by atoms with Gasteiger partial charge in [0.1, 0.15) is 5.75 Å². The van der Waals surface area contributed by atoms with Crippen LogP contribution in [0.1, 0.15) is 13.3 Å². The van der Waals surface area contributed by atoms with Crippen molar-refractivity contribution >= 4 is 23.6 Å². The van der Waals surface area contributed by atoms with Gasteiger partial charge in [-0.1, -0.05) is 0 Å². The first-order chi connectivity index (χ1) is 12.5. The standard InChI is InChI=1S/C18H23N3O5/c1-3-26-18(24)20-10-8-19(9-11-20)15-12-16(22)21(17(15)23)13-4-6-14(25-2)7-5-13/h4-7,15H,3,8-12H2,1-2H3. The molecule has 26 heavy (non-hydrogen) atoms. The highest BCUT2D eigenvalue weighted by atomic mass is 16.6. The molecule has 0 N–H and O–H groups in total. The van der Waals surface area contributed by atoms with Gasteiger partial charge in [-0.15, -0.1) is 0 Å². The van der Waals surface area contributed by atoms with Crippen LogP contribution in [0.3, 0.4) is 0 Å². The molecule has 0 saturated carbocycles. The number of hydrogen-bond donors (Lipinski definition) is 0. The molecular weight excluding hydrogens is 338 g/mol. The zero-order valence-corrected chi connectivity index (χ0v) is 15.0. The van der Waals surface area contributed by atoms with Crippen molar-refractivity contribution in [2.75, 3.05) is 44.8 Å². The van der Waals surface area contributed by atoms with Crippen LogP contribution in [-0.2, 0) is 14.3 Å². The number of carbonyl (C=O) groups is 3. The number of benzene rings is 1. The molecule has 140 valence electrons. The summed E-state index contributed by atoms with van der Waals surface area (Å²) in [5.74, 6) is 0.238. The Kier molecular flexibility index (Phi) is 5.41. The van der Waals surface area contributed by atoms with Crippen LogP contribution in [0.25, 0.3) is 0 Å². The van der Waals surface area contributed by atoms with E-state index in [2.05, 4.69) is 0 Å². The number of carbonyl (C=O) groups excluding carboxylic acids is 3. The predicted octanol–water partition coefficient (Wildman–Crippen LogP) is 1.10. The van der Waals surface area contributed by atoms with Gasteiger partial charge in [-0.25, -0.2) is 9.69 Å². The van der Waals surface area contributed by atoms with Crippen molar-refractivity contribution < 1.29 is 23.9 Å². The average Bonchev–Trinajstić information content (AvgIpc) is 2.96. The van der Waals surface area contributed by atoms with E-state index in [1.54, 1.807) is 43.2 Å². The number of methoxy groups -OCH3 is 1. The summed E-state index contributed by atoms with van der Waals surface area (Å²) in [6.45, 7) is 4.16. The molecule has 0 radical (unpaired) electrons. The van der Waals surface area contributed by atoms with Crippen LogP contribution in [-0.4, -0.2) is 73.6 Å². The molecule has 0 spiro atoms. The van der Waals surface area contributed by atoms with E-state index in [1.807, 2.05) is 4.90 Å². The Balaban J connectivity index is 1.65. The van der Waals surface area contributed by atoms with Crippen LogP contribution in [0.2, 0.25) is 0 Å². The maximum atomic E-state index is 12.8. The third-order valence-corrected chi connectivity index (χ3v) is 4.73. The van der Waals surface area contributed by atoms with Crippen LogP contribution in [0, 0.1) is 0 Å². The Bertz CT molecular complexity index is 683. The van der Waals surface area contributed by atoms with Crippen molar-refractivity contribution in [3.63, 3.8) is 0 Å².